The zero-order valence-electron chi connectivity index (χ0n) is 10.6. The molecule has 17 heavy (non-hydrogen) atoms. The van der Waals surface area contributed by atoms with Gasteiger partial charge in [-0.15, -0.1) is 0 Å². The van der Waals surface area contributed by atoms with Gasteiger partial charge < -0.3 is 5.11 Å². The fourth-order valence-electron chi connectivity index (χ4n) is 2.22. The summed E-state index contributed by atoms with van der Waals surface area (Å²) in [6, 6.07) is 16.0. The van der Waals surface area contributed by atoms with Gasteiger partial charge in [0.05, 0.1) is 0 Å². The van der Waals surface area contributed by atoms with Crippen molar-refractivity contribution in [3.05, 3.63) is 70.8 Å². The van der Waals surface area contributed by atoms with Crippen LogP contribution in [0.2, 0.25) is 0 Å². The second kappa shape index (κ2) is 4.34. The van der Waals surface area contributed by atoms with Gasteiger partial charge in [-0.3, -0.25) is 0 Å². The van der Waals surface area contributed by atoms with Gasteiger partial charge in [-0.2, -0.15) is 0 Å². The Balaban J connectivity index is 2.53. The Labute approximate surface area is 103 Å². The molecule has 0 aliphatic heterocycles. The normalized spacial score (nSPS) is 14.4. The third kappa shape index (κ3) is 2.25. The molecule has 0 aliphatic carbocycles. The molecular weight excluding hydrogens is 208 g/mol. The molecule has 88 valence electrons. The fourth-order valence-corrected chi connectivity index (χ4v) is 2.22. The van der Waals surface area contributed by atoms with Gasteiger partial charge in [-0.1, -0.05) is 54.1 Å². The van der Waals surface area contributed by atoms with Gasteiger partial charge in [0.1, 0.15) is 5.60 Å². The van der Waals surface area contributed by atoms with Gasteiger partial charge in [0.25, 0.3) is 0 Å². The summed E-state index contributed by atoms with van der Waals surface area (Å²) in [7, 11) is 0. The van der Waals surface area contributed by atoms with Crippen LogP contribution in [0, 0.1) is 13.8 Å². The Morgan fingerprint density at radius 1 is 0.941 bits per heavy atom. The molecule has 1 heteroatoms. The van der Waals surface area contributed by atoms with Crippen LogP contribution < -0.4 is 0 Å². The van der Waals surface area contributed by atoms with E-state index in [1.807, 2.05) is 69.3 Å². The zero-order valence-corrected chi connectivity index (χ0v) is 10.6. The lowest BCUT2D eigenvalue weighted by Crippen LogP contribution is -2.23. The molecule has 1 atom stereocenters. The Hall–Kier alpha value is -1.60. The second-order valence-electron chi connectivity index (χ2n) is 4.76. The first-order valence-electron chi connectivity index (χ1n) is 5.87. The number of aliphatic hydroxyl groups is 1. The Morgan fingerprint density at radius 2 is 1.65 bits per heavy atom. The van der Waals surface area contributed by atoms with E-state index in [9.17, 15) is 5.11 Å². The van der Waals surface area contributed by atoms with E-state index < -0.39 is 5.60 Å². The van der Waals surface area contributed by atoms with E-state index in [1.165, 1.54) is 0 Å². The molecule has 2 aromatic carbocycles. The number of rotatable bonds is 2. The molecule has 1 unspecified atom stereocenters. The van der Waals surface area contributed by atoms with Crippen LogP contribution in [0.15, 0.2) is 48.5 Å². The molecular formula is C16H18O. The minimum Gasteiger partial charge on any atom is -0.381 e. The maximum atomic E-state index is 10.8. The summed E-state index contributed by atoms with van der Waals surface area (Å²) >= 11 is 0. The average molecular weight is 226 g/mol. The molecule has 1 nitrogen and oxygen atoms in total. The highest BCUT2D eigenvalue weighted by molar-refractivity contribution is 5.40. The first-order chi connectivity index (χ1) is 8.01. The molecule has 1 N–H and O–H groups in total. The first-order valence-corrected chi connectivity index (χ1v) is 5.87. The van der Waals surface area contributed by atoms with Crippen molar-refractivity contribution in [1.82, 2.24) is 0 Å². The molecule has 0 fully saturated rings. The third-order valence-corrected chi connectivity index (χ3v) is 3.25. The molecule has 0 spiro atoms. The van der Waals surface area contributed by atoms with Crippen molar-refractivity contribution in [3.63, 3.8) is 0 Å². The van der Waals surface area contributed by atoms with Crippen molar-refractivity contribution in [1.29, 1.82) is 0 Å². The first kappa shape index (κ1) is 11.9. The summed E-state index contributed by atoms with van der Waals surface area (Å²) in [5.74, 6) is 0. The summed E-state index contributed by atoms with van der Waals surface area (Å²) in [5, 5.41) is 10.8. The van der Waals surface area contributed by atoms with Gasteiger partial charge in [0, 0.05) is 0 Å². The van der Waals surface area contributed by atoms with E-state index in [0.29, 0.717) is 0 Å². The van der Waals surface area contributed by atoms with Gasteiger partial charge >= 0.3 is 0 Å². The molecule has 2 aromatic rings. The van der Waals surface area contributed by atoms with Crippen LogP contribution in [0.5, 0.6) is 0 Å². The molecule has 0 bridgehead atoms. The monoisotopic (exact) mass is 226 g/mol. The molecule has 0 saturated carbocycles. The van der Waals surface area contributed by atoms with Crippen LogP contribution in [-0.4, -0.2) is 5.11 Å². The van der Waals surface area contributed by atoms with Crippen molar-refractivity contribution in [2.75, 3.05) is 0 Å². The minimum absolute atomic E-state index is 0.933. The summed E-state index contributed by atoms with van der Waals surface area (Å²) in [6.45, 7) is 5.92. The topological polar surface area (TPSA) is 20.2 Å². The summed E-state index contributed by atoms with van der Waals surface area (Å²) in [6.07, 6.45) is 0. The highest BCUT2D eigenvalue weighted by Crippen LogP contribution is 2.31. The predicted molar refractivity (Wildman–Crippen MR) is 71.0 cm³/mol. The largest absolute Gasteiger partial charge is 0.381 e. The summed E-state index contributed by atoms with van der Waals surface area (Å²) in [5.41, 5.74) is 3.24. The van der Waals surface area contributed by atoms with Crippen molar-refractivity contribution < 1.29 is 5.11 Å². The van der Waals surface area contributed by atoms with E-state index in [1.54, 1.807) is 0 Å². The van der Waals surface area contributed by atoms with Gasteiger partial charge in [0.2, 0.25) is 0 Å². The fraction of sp³-hybridized carbons (Fsp3) is 0.250. The van der Waals surface area contributed by atoms with Gasteiger partial charge in [0.15, 0.2) is 0 Å². The zero-order chi connectivity index (χ0) is 12.5. The van der Waals surface area contributed by atoms with Crippen LogP contribution in [0.4, 0.5) is 0 Å². The number of hydrogen-bond donors (Lipinski definition) is 1. The van der Waals surface area contributed by atoms with Crippen LogP contribution in [0.25, 0.3) is 0 Å². The van der Waals surface area contributed by atoms with E-state index >= 15 is 0 Å². The lowest BCUT2D eigenvalue weighted by Gasteiger charge is -2.26. The smallest absolute Gasteiger partial charge is 0.112 e. The molecule has 0 saturated heterocycles. The average Bonchev–Trinajstić information content (AvgIpc) is 2.29. The molecule has 0 radical (unpaired) electrons. The van der Waals surface area contributed by atoms with Crippen LogP contribution >= 0.6 is 0 Å². The summed E-state index contributed by atoms with van der Waals surface area (Å²) in [4.78, 5) is 0. The van der Waals surface area contributed by atoms with Crippen molar-refractivity contribution >= 4 is 0 Å². The van der Waals surface area contributed by atoms with E-state index in [2.05, 4.69) is 0 Å². The Kier molecular flexibility index (Phi) is 3.03. The Morgan fingerprint density at radius 3 is 2.29 bits per heavy atom. The highest BCUT2D eigenvalue weighted by Gasteiger charge is 2.26. The predicted octanol–water partition coefficient (Wildman–Crippen LogP) is 3.56. The second-order valence-corrected chi connectivity index (χ2v) is 4.76. The van der Waals surface area contributed by atoms with E-state index in [-0.39, 0.29) is 0 Å². The molecule has 0 aliphatic rings. The summed E-state index contributed by atoms with van der Waals surface area (Å²) < 4.78 is 0. The Bertz CT molecular complexity index is 527. The highest BCUT2D eigenvalue weighted by atomic mass is 16.3. The van der Waals surface area contributed by atoms with Crippen molar-refractivity contribution in [2.24, 2.45) is 0 Å². The third-order valence-electron chi connectivity index (χ3n) is 3.25. The van der Waals surface area contributed by atoms with Crippen LogP contribution in [-0.2, 0) is 5.60 Å². The van der Waals surface area contributed by atoms with E-state index in [4.69, 9.17) is 0 Å². The lowest BCUT2D eigenvalue weighted by atomic mass is 9.85. The number of hydrogen-bond acceptors (Lipinski definition) is 1. The van der Waals surface area contributed by atoms with Crippen molar-refractivity contribution in [3.8, 4) is 0 Å². The van der Waals surface area contributed by atoms with Gasteiger partial charge in [-0.25, -0.2) is 0 Å². The maximum Gasteiger partial charge on any atom is 0.112 e. The maximum absolute atomic E-state index is 10.8. The minimum atomic E-state index is -0.933. The molecule has 0 amide bonds. The SMILES string of the molecule is Cc1cccc(C(C)(O)c2ccccc2C)c1. The van der Waals surface area contributed by atoms with Gasteiger partial charge in [-0.05, 0) is 37.5 Å². The number of benzene rings is 2. The van der Waals surface area contributed by atoms with E-state index in [0.717, 1.165) is 22.3 Å². The van der Waals surface area contributed by atoms with Crippen LogP contribution in [0.1, 0.15) is 29.2 Å². The molecule has 2 rings (SSSR count). The molecule has 0 heterocycles. The molecule has 0 aromatic heterocycles. The quantitative estimate of drug-likeness (QED) is 0.830. The van der Waals surface area contributed by atoms with Crippen molar-refractivity contribution in [2.45, 2.75) is 26.4 Å². The van der Waals surface area contributed by atoms with Crippen LogP contribution in [0.3, 0.4) is 0 Å². The number of aryl methyl sites for hydroxylation is 2. The lowest BCUT2D eigenvalue weighted by molar-refractivity contribution is 0.101. The standard InChI is InChI=1S/C16H18O/c1-12-7-6-9-14(11-12)16(3,17)15-10-5-4-8-13(15)2/h4-11,17H,1-3H3.